The molecule has 1 aromatic heterocycles. The fraction of sp³-hybridized carbons (Fsp3) is 0.662. The Morgan fingerprint density at radius 3 is 0.923 bits per heavy atom. The zero-order valence-corrected chi connectivity index (χ0v) is 73.6. The number of hydrogen-bond donors (Lipinski definition) is 31. The van der Waals surface area contributed by atoms with Gasteiger partial charge in [0.1, 0.15) is 84.6 Å². The van der Waals surface area contributed by atoms with Gasteiger partial charge in [0.05, 0.1) is 19.0 Å². The molecule has 0 fully saturated rings. The molecule has 1 aromatic rings. The number of rotatable bonds is 67. The molecule has 53 nitrogen and oxygen atoms in total. The van der Waals surface area contributed by atoms with Crippen LogP contribution in [-0.2, 0) is 107 Å². The molecule has 0 aliphatic rings. The number of unbranched alkanes of at least 4 members (excludes halogenated alkanes) is 1. The number of aliphatic hydroxyl groups is 1. The molecule has 0 saturated heterocycles. The molecule has 0 aliphatic heterocycles. The Kier molecular flexibility index (Phi) is 53.1. The van der Waals surface area contributed by atoms with E-state index < -0.39 is 335 Å². The van der Waals surface area contributed by atoms with Crippen LogP contribution in [0.3, 0.4) is 0 Å². The fourth-order valence-corrected chi connectivity index (χ4v) is 12.4. The van der Waals surface area contributed by atoms with Gasteiger partial charge in [-0.3, -0.25) is 107 Å². The van der Waals surface area contributed by atoms with Gasteiger partial charge in [0.25, 0.3) is 0 Å². The Balaban J connectivity index is 3.86. The van der Waals surface area contributed by atoms with E-state index in [0.717, 1.165) is 0 Å². The lowest BCUT2D eigenvalue weighted by Gasteiger charge is -2.29. The van der Waals surface area contributed by atoms with Crippen molar-refractivity contribution in [3.8, 4) is 0 Å². The summed E-state index contributed by atoms with van der Waals surface area (Å²) in [5, 5.41) is 113. The average molecular weight is 1850 g/mol. The quantitative estimate of drug-likeness (QED) is 0.0164. The van der Waals surface area contributed by atoms with E-state index in [-0.39, 0.29) is 82.6 Å². The van der Waals surface area contributed by atoms with Crippen LogP contribution in [0.25, 0.3) is 0 Å². The largest absolute Gasteiger partial charge is 0.481 e. The maximum Gasteiger partial charge on any atom is 0.326 e. The van der Waals surface area contributed by atoms with Gasteiger partial charge in [-0.2, -0.15) is 0 Å². The second kappa shape index (κ2) is 60.3. The normalized spacial score (nSPS) is 14.5. The van der Waals surface area contributed by atoms with Crippen LogP contribution in [0.1, 0.15) is 189 Å². The van der Waals surface area contributed by atoms with Crippen LogP contribution in [0.15, 0.2) is 12.5 Å². The van der Waals surface area contributed by atoms with Crippen molar-refractivity contribution in [2.24, 2.45) is 52.2 Å². The smallest absolute Gasteiger partial charge is 0.326 e. The van der Waals surface area contributed by atoms with Crippen molar-refractivity contribution < 1.29 is 131 Å². The second-order valence-corrected chi connectivity index (χ2v) is 31.9. The van der Waals surface area contributed by atoms with Crippen molar-refractivity contribution in [2.75, 3.05) is 26.2 Å². The predicted molar refractivity (Wildman–Crippen MR) is 457 cm³/mol. The summed E-state index contributed by atoms with van der Waals surface area (Å²) < 4.78 is 0. The molecule has 1 heterocycles. The maximum absolute atomic E-state index is 14.7. The first-order chi connectivity index (χ1) is 60.9. The number of carbonyl (C=O) groups excluding carboxylic acids is 16. The molecule has 0 unspecified atom stereocenters. The van der Waals surface area contributed by atoms with Crippen molar-refractivity contribution in [2.45, 2.75) is 280 Å². The van der Waals surface area contributed by atoms with E-state index in [1.165, 1.54) is 33.3 Å². The number of aromatic amines is 1. The standard InChI is InChI=1S/C77H130N26O27/c1-36(2)30-50(70(124)93-42(13-10-28-87-76(82)83)63(117)101-52(32-40-33-86-35-89-40)72(126)96-44(15-21-54(80)105)67(121)100-51(31-37(3)4)71(125)98-49(75(129)130)16-22-55(81)106)99-68(122)48(20-26-59(113)114)97-73(127)53(34-104)102-74(128)60(38(5)6)103-69(123)43(14-11-29-88-77(84)85)92-65(119)46(18-24-57(109)110)95-66(120)47(19-25-58(111)112)94-62(116)41(12-8-9-27-78)91-64(118)45(17-23-56(107)108)90-61(115)39(7)79/h33,35-39,41-53,60,104H,8-32,34,78-79H2,1-7H3,(H2,80,105)(H2,81,106)(H,86,89)(H,90,115)(H,91,118)(H,92,119)(H,93,124)(H,94,116)(H,95,120)(H,96,126)(H,97,127)(H,98,125)(H,99,122)(H,100,121)(H,101,117)(H,102,128)(H,103,123)(H,107,108)(H,109,110)(H,111,112)(H,113,114)(H,129,130)(H4,82,83,87)(H4,84,85,88)/t39-,41-,42-,43-,44-,45-,46-,47-,48-,49-,50-,51-,52-,53-,60-/m0/s1. The first kappa shape index (κ1) is 115. The number of aromatic nitrogens is 2. The predicted octanol–water partition coefficient (Wildman–Crippen LogP) is -9.44. The van der Waals surface area contributed by atoms with E-state index in [0.29, 0.717) is 0 Å². The summed E-state index contributed by atoms with van der Waals surface area (Å²) in [5.74, 6) is -28.2. The van der Waals surface area contributed by atoms with Gasteiger partial charge >= 0.3 is 29.8 Å². The lowest BCUT2D eigenvalue weighted by molar-refractivity contribution is -0.143. The van der Waals surface area contributed by atoms with Gasteiger partial charge in [0, 0.05) is 69.9 Å². The number of nitrogens with two attached hydrogens (primary N) is 6. The van der Waals surface area contributed by atoms with Crippen molar-refractivity contribution in [1.82, 2.24) is 95.0 Å². The number of nitrogens with zero attached hydrogens (tertiary/aromatic N) is 1. The third kappa shape index (κ3) is 47.3. The molecule has 16 amide bonds. The number of aliphatic carboxylic acids is 5. The number of carboxylic acid groups (broad SMARTS) is 5. The molecule has 0 bridgehead atoms. The van der Waals surface area contributed by atoms with E-state index in [4.69, 9.17) is 45.2 Å². The van der Waals surface area contributed by atoms with Crippen molar-refractivity contribution in [3.05, 3.63) is 18.2 Å². The van der Waals surface area contributed by atoms with Crippen LogP contribution in [0, 0.1) is 28.6 Å². The van der Waals surface area contributed by atoms with Crippen LogP contribution in [-0.4, -0.2) is 294 Å². The summed E-state index contributed by atoms with van der Waals surface area (Å²) in [4.78, 5) is 289. The number of aliphatic hydroxyl groups excluding tert-OH is 1. The minimum atomic E-state index is -2.06. The maximum atomic E-state index is 14.7. The zero-order chi connectivity index (χ0) is 98.8. The van der Waals surface area contributed by atoms with Crippen LogP contribution >= 0.6 is 0 Å². The molecule has 130 heavy (non-hydrogen) atoms. The summed E-state index contributed by atoms with van der Waals surface area (Å²) in [6.45, 7) is 9.19. The van der Waals surface area contributed by atoms with E-state index in [1.807, 2.05) is 0 Å². The van der Waals surface area contributed by atoms with Gasteiger partial charge in [0.2, 0.25) is 94.5 Å². The Labute approximate surface area is 747 Å². The van der Waals surface area contributed by atoms with Crippen molar-refractivity contribution in [3.63, 3.8) is 0 Å². The van der Waals surface area contributed by atoms with Gasteiger partial charge < -0.3 is 155 Å². The highest BCUT2D eigenvalue weighted by Gasteiger charge is 2.40. The van der Waals surface area contributed by atoms with Gasteiger partial charge in [-0.25, -0.2) is 9.78 Å². The first-order valence-corrected chi connectivity index (χ1v) is 42.0. The topological polar surface area (TPSA) is 905 Å². The highest BCUT2D eigenvalue weighted by atomic mass is 16.4. The molecule has 1 rings (SSSR count). The number of guanidine groups is 2. The van der Waals surface area contributed by atoms with Crippen LogP contribution in [0.4, 0.5) is 0 Å². The Hall–Kier alpha value is -13.5. The van der Waals surface area contributed by atoms with E-state index in [9.17, 15) is 131 Å². The van der Waals surface area contributed by atoms with E-state index in [1.54, 1.807) is 27.7 Å². The highest BCUT2D eigenvalue weighted by Crippen LogP contribution is 2.16. The lowest BCUT2D eigenvalue weighted by Crippen LogP contribution is -2.62. The Bertz CT molecular complexity index is 4040. The molecule has 53 heteroatoms. The van der Waals surface area contributed by atoms with E-state index in [2.05, 4.69) is 95.0 Å². The number of amides is 16. The third-order valence-corrected chi connectivity index (χ3v) is 19.3. The highest BCUT2D eigenvalue weighted by molar-refractivity contribution is 6.01. The Morgan fingerprint density at radius 1 is 0.354 bits per heavy atom. The molecule has 0 aromatic carbocycles. The van der Waals surface area contributed by atoms with Gasteiger partial charge in [-0.1, -0.05) is 41.5 Å². The SMILES string of the molecule is CC(C)C[C@H](NC(=O)[C@H](CCC(N)=O)NC(=O)[C@H](Cc1cnc[nH]1)NC(=O)[C@H](CCCNC(=N)N)NC(=O)[C@H](CC(C)C)NC(=O)[C@H](CCC(=O)O)NC(=O)[C@H](CO)NC(=O)[C@@H](NC(=O)[C@H](CCCNC(=N)N)NC(=O)[C@H](CCC(=O)O)NC(=O)[C@H](CCC(=O)O)NC(=O)[C@H](CCCCN)NC(=O)[C@H](CCC(=O)O)NC(=O)[C@H](C)N)C(C)C)C(=O)N[C@@H](CCC(N)=O)C(=O)O. The average Bonchev–Trinajstić information content (AvgIpc) is 1.26. The summed E-state index contributed by atoms with van der Waals surface area (Å²) >= 11 is 0. The second-order valence-electron chi connectivity index (χ2n) is 31.9. The number of hydrogen-bond acceptors (Lipinski definition) is 27. The monoisotopic (exact) mass is 1850 g/mol. The third-order valence-electron chi connectivity index (χ3n) is 19.3. The number of H-pyrrole nitrogens is 1. The van der Waals surface area contributed by atoms with Crippen LogP contribution in [0.5, 0.6) is 0 Å². The van der Waals surface area contributed by atoms with Crippen molar-refractivity contribution >= 4 is 136 Å². The minimum absolute atomic E-state index is 0.0578. The fourth-order valence-electron chi connectivity index (χ4n) is 12.4. The minimum Gasteiger partial charge on any atom is -0.481 e. The van der Waals surface area contributed by atoms with Crippen LogP contribution < -0.4 is 119 Å². The molecule has 15 atom stereocenters. The number of imidazole rings is 1. The van der Waals surface area contributed by atoms with Gasteiger partial charge in [-0.05, 0) is 128 Å². The molecular formula is C77H130N26O27. The van der Waals surface area contributed by atoms with Crippen molar-refractivity contribution in [1.29, 1.82) is 10.8 Å². The van der Waals surface area contributed by atoms with Crippen LogP contribution in [0.2, 0.25) is 0 Å². The summed E-state index contributed by atoms with van der Waals surface area (Å²) in [6, 6.07) is -25.6. The molecule has 37 N–H and O–H groups in total. The summed E-state index contributed by atoms with van der Waals surface area (Å²) in [5.41, 5.74) is 33.2. The number of carboxylic acids is 5. The summed E-state index contributed by atoms with van der Waals surface area (Å²) in [7, 11) is 0. The van der Waals surface area contributed by atoms with E-state index >= 15 is 0 Å². The summed E-state index contributed by atoms with van der Waals surface area (Å²) in [6.07, 6.45) is -6.81. The van der Waals surface area contributed by atoms with Gasteiger partial charge in [-0.15, -0.1) is 0 Å². The molecule has 730 valence electrons. The molecule has 0 aliphatic carbocycles. The van der Waals surface area contributed by atoms with Gasteiger partial charge in [0.15, 0.2) is 11.9 Å². The Morgan fingerprint density at radius 2 is 0.631 bits per heavy atom. The molecular weight excluding hydrogens is 1720 g/mol. The molecule has 0 saturated carbocycles. The first-order valence-electron chi connectivity index (χ1n) is 42.0. The molecule has 0 spiro atoms. The number of nitrogens with one attached hydrogen (secondary N) is 19. The lowest BCUT2D eigenvalue weighted by atomic mass is 10.0. The molecule has 0 radical (unpaired) electrons. The number of primary amides is 2. The zero-order valence-electron chi connectivity index (χ0n) is 73.6. The number of carbonyl (C=O) groups is 21.